The summed E-state index contributed by atoms with van der Waals surface area (Å²) in [6.07, 6.45) is 4.60. The predicted molar refractivity (Wildman–Crippen MR) is 48.7 cm³/mol. The summed E-state index contributed by atoms with van der Waals surface area (Å²) < 4.78 is 0. The first-order chi connectivity index (χ1) is 5.84. The summed E-state index contributed by atoms with van der Waals surface area (Å²) in [5.41, 5.74) is 5.37. The highest BCUT2D eigenvalue weighted by Gasteiger charge is 2.04. The number of imidazole rings is 1. The van der Waals surface area contributed by atoms with E-state index in [9.17, 15) is 0 Å². The van der Waals surface area contributed by atoms with Crippen LogP contribution in [-0.4, -0.2) is 23.1 Å². The first kappa shape index (κ1) is 9.22. The maximum atomic E-state index is 5.37. The van der Waals surface area contributed by atoms with Gasteiger partial charge in [0.15, 0.2) is 0 Å². The van der Waals surface area contributed by atoms with E-state index in [4.69, 9.17) is 5.73 Å². The Hall–Kier alpha value is -0.870. The third kappa shape index (κ3) is 2.64. The maximum Gasteiger partial charge on any atom is 0.122 e. The Morgan fingerprint density at radius 2 is 2.58 bits per heavy atom. The zero-order valence-corrected chi connectivity index (χ0v) is 7.38. The lowest BCUT2D eigenvalue weighted by Gasteiger charge is -2.09. The van der Waals surface area contributed by atoms with Crippen LogP contribution in [-0.2, 0) is 0 Å². The van der Waals surface area contributed by atoms with Gasteiger partial charge in [-0.25, -0.2) is 4.98 Å². The van der Waals surface area contributed by atoms with E-state index < -0.39 is 0 Å². The van der Waals surface area contributed by atoms with Gasteiger partial charge in [-0.2, -0.15) is 0 Å². The van der Waals surface area contributed by atoms with Crippen LogP contribution < -0.4 is 11.1 Å². The smallest absolute Gasteiger partial charge is 0.122 e. The average Bonchev–Trinajstić information content (AvgIpc) is 2.56. The van der Waals surface area contributed by atoms with Crippen LogP contribution in [0.25, 0.3) is 0 Å². The number of rotatable bonds is 5. The van der Waals surface area contributed by atoms with Crippen LogP contribution in [0.2, 0.25) is 0 Å². The topological polar surface area (TPSA) is 66.7 Å². The fraction of sp³-hybridized carbons (Fsp3) is 0.625. The molecule has 4 N–H and O–H groups in total. The van der Waals surface area contributed by atoms with Crippen LogP contribution in [0.3, 0.4) is 0 Å². The quantitative estimate of drug-likeness (QED) is 0.558. The van der Waals surface area contributed by atoms with Crippen molar-refractivity contribution in [2.75, 3.05) is 13.1 Å². The van der Waals surface area contributed by atoms with Gasteiger partial charge in [0.2, 0.25) is 0 Å². The molecule has 0 amide bonds. The molecule has 1 atom stereocenters. The van der Waals surface area contributed by atoms with Gasteiger partial charge in [0.05, 0.1) is 6.04 Å². The molecule has 0 spiro atoms. The zero-order chi connectivity index (χ0) is 8.81. The van der Waals surface area contributed by atoms with Gasteiger partial charge >= 0.3 is 0 Å². The second-order valence-electron chi connectivity index (χ2n) is 2.79. The Balaban J connectivity index is 2.25. The number of nitrogens with two attached hydrogens (primary N) is 1. The second kappa shape index (κ2) is 4.90. The van der Waals surface area contributed by atoms with Gasteiger partial charge in [-0.05, 0) is 26.4 Å². The zero-order valence-electron chi connectivity index (χ0n) is 7.38. The molecule has 0 aliphatic carbocycles. The van der Waals surface area contributed by atoms with Crippen LogP contribution in [0.5, 0.6) is 0 Å². The van der Waals surface area contributed by atoms with Gasteiger partial charge in [-0.15, -0.1) is 0 Å². The number of aromatic amines is 1. The number of nitrogens with zero attached hydrogens (tertiary/aromatic N) is 1. The van der Waals surface area contributed by atoms with E-state index in [-0.39, 0.29) is 6.04 Å². The highest BCUT2D eigenvalue weighted by Crippen LogP contribution is 2.03. The van der Waals surface area contributed by atoms with Crippen LogP contribution in [0, 0.1) is 0 Å². The lowest BCUT2D eigenvalue weighted by atomic mass is 10.3. The number of aromatic nitrogens is 2. The van der Waals surface area contributed by atoms with E-state index in [0.717, 1.165) is 25.3 Å². The molecule has 0 aliphatic heterocycles. The van der Waals surface area contributed by atoms with Gasteiger partial charge in [0.1, 0.15) is 5.82 Å². The van der Waals surface area contributed by atoms with E-state index in [1.165, 1.54) is 0 Å². The molecule has 1 aromatic heterocycles. The Bertz CT molecular complexity index is 195. The molecule has 0 saturated carbocycles. The lowest BCUT2D eigenvalue weighted by Crippen LogP contribution is -2.22. The molecule has 4 heteroatoms. The second-order valence-corrected chi connectivity index (χ2v) is 2.79. The van der Waals surface area contributed by atoms with Crippen LogP contribution in [0.1, 0.15) is 25.2 Å². The molecule has 1 heterocycles. The molecule has 68 valence electrons. The molecular weight excluding hydrogens is 152 g/mol. The van der Waals surface area contributed by atoms with Crippen molar-refractivity contribution in [3.8, 4) is 0 Å². The van der Waals surface area contributed by atoms with Crippen molar-refractivity contribution in [3.63, 3.8) is 0 Å². The molecule has 0 saturated heterocycles. The van der Waals surface area contributed by atoms with E-state index in [1.807, 2.05) is 6.20 Å². The van der Waals surface area contributed by atoms with Crippen molar-refractivity contribution >= 4 is 0 Å². The van der Waals surface area contributed by atoms with Crippen molar-refractivity contribution in [2.24, 2.45) is 5.73 Å². The summed E-state index contributed by atoms with van der Waals surface area (Å²) in [5.74, 6) is 0.979. The number of hydrogen-bond acceptors (Lipinski definition) is 3. The van der Waals surface area contributed by atoms with Crippen molar-refractivity contribution < 1.29 is 0 Å². The third-order valence-electron chi connectivity index (χ3n) is 1.76. The maximum absolute atomic E-state index is 5.37. The summed E-state index contributed by atoms with van der Waals surface area (Å²) in [4.78, 5) is 7.20. The third-order valence-corrected chi connectivity index (χ3v) is 1.76. The Morgan fingerprint density at radius 3 is 3.17 bits per heavy atom. The van der Waals surface area contributed by atoms with Gasteiger partial charge in [-0.3, -0.25) is 0 Å². The highest BCUT2D eigenvalue weighted by molar-refractivity contribution is 4.93. The van der Waals surface area contributed by atoms with Gasteiger partial charge in [0, 0.05) is 12.4 Å². The monoisotopic (exact) mass is 168 g/mol. The standard InChI is InChI=1S/C8H16N4/c1-7(10-4-2-3-9)8-11-5-6-12-8/h5-7,10H,2-4,9H2,1H3,(H,11,12). The van der Waals surface area contributed by atoms with Crippen molar-refractivity contribution in [1.29, 1.82) is 0 Å². The molecule has 1 rings (SSSR count). The minimum atomic E-state index is 0.284. The molecule has 0 aromatic carbocycles. The average molecular weight is 168 g/mol. The molecule has 4 nitrogen and oxygen atoms in total. The highest BCUT2D eigenvalue weighted by atomic mass is 15.0. The van der Waals surface area contributed by atoms with Gasteiger partial charge in [-0.1, -0.05) is 0 Å². The van der Waals surface area contributed by atoms with E-state index in [0.29, 0.717) is 0 Å². The molecule has 1 unspecified atom stereocenters. The molecule has 0 aliphatic rings. The lowest BCUT2D eigenvalue weighted by molar-refractivity contribution is 0.541. The van der Waals surface area contributed by atoms with Gasteiger partial charge < -0.3 is 16.0 Å². The molecule has 12 heavy (non-hydrogen) atoms. The molecular formula is C8H16N4. The summed E-state index contributed by atoms with van der Waals surface area (Å²) >= 11 is 0. The van der Waals surface area contributed by atoms with Crippen LogP contribution in [0.15, 0.2) is 12.4 Å². The molecule has 0 bridgehead atoms. The van der Waals surface area contributed by atoms with Crippen molar-refractivity contribution in [1.82, 2.24) is 15.3 Å². The summed E-state index contributed by atoms with van der Waals surface area (Å²) in [7, 11) is 0. The van der Waals surface area contributed by atoms with Crippen molar-refractivity contribution in [3.05, 3.63) is 18.2 Å². The summed E-state index contributed by atoms with van der Waals surface area (Å²) in [6.45, 7) is 3.76. The number of nitrogens with one attached hydrogen (secondary N) is 2. The fourth-order valence-electron chi connectivity index (χ4n) is 1.03. The first-order valence-corrected chi connectivity index (χ1v) is 4.27. The van der Waals surface area contributed by atoms with E-state index >= 15 is 0 Å². The SMILES string of the molecule is CC(NCCCN)c1ncc[nH]1. The normalized spacial score (nSPS) is 13.2. The Labute approximate surface area is 72.6 Å². The van der Waals surface area contributed by atoms with Gasteiger partial charge in [0.25, 0.3) is 0 Å². The predicted octanol–water partition coefficient (Wildman–Crippen LogP) is 0.409. The van der Waals surface area contributed by atoms with Crippen molar-refractivity contribution in [2.45, 2.75) is 19.4 Å². The van der Waals surface area contributed by atoms with E-state index in [1.54, 1.807) is 6.20 Å². The largest absolute Gasteiger partial charge is 0.347 e. The molecule has 1 aromatic rings. The minimum absolute atomic E-state index is 0.284. The van der Waals surface area contributed by atoms with E-state index in [2.05, 4.69) is 22.2 Å². The minimum Gasteiger partial charge on any atom is -0.347 e. The van der Waals surface area contributed by atoms with Crippen LogP contribution >= 0.6 is 0 Å². The Kier molecular flexibility index (Phi) is 3.76. The first-order valence-electron chi connectivity index (χ1n) is 4.27. The molecule has 0 radical (unpaired) electrons. The number of H-pyrrole nitrogens is 1. The summed E-state index contributed by atoms with van der Waals surface area (Å²) in [6, 6.07) is 0.284. The van der Waals surface area contributed by atoms with Crippen LogP contribution in [0.4, 0.5) is 0 Å². The fourth-order valence-corrected chi connectivity index (χ4v) is 1.03. The number of hydrogen-bond donors (Lipinski definition) is 3. The molecule has 0 fully saturated rings. The Morgan fingerprint density at radius 1 is 1.75 bits per heavy atom. The summed E-state index contributed by atoms with van der Waals surface area (Å²) in [5, 5.41) is 3.31.